The van der Waals surface area contributed by atoms with Crippen molar-refractivity contribution >= 4 is 34.6 Å². The molecule has 0 atom stereocenters. The van der Waals surface area contributed by atoms with E-state index in [1.165, 1.54) is 23.9 Å². The molecule has 1 heterocycles. The van der Waals surface area contributed by atoms with E-state index in [9.17, 15) is 9.18 Å². The van der Waals surface area contributed by atoms with Gasteiger partial charge in [-0.3, -0.25) is 9.69 Å². The van der Waals surface area contributed by atoms with Crippen LogP contribution in [0.15, 0.2) is 70.6 Å². The van der Waals surface area contributed by atoms with Gasteiger partial charge in [-0.05, 0) is 91.2 Å². The molecule has 0 aliphatic carbocycles. The minimum absolute atomic E-state index is 0.0721. The Balaban J connectivity index is 1.56. The van der Waals surface area contributed by atoms with Gasteiger partial charge in [-0.2, -0.15) is 0 Å². The fourth-order valence-electron chi connectivity index (χ4n) is 3.60. The third kappa shape index (κ3) is 5.74. The number of rotatable bonds is 7. The molecular formula is C28H27FN2O3S. The molecule has 1 amide bonds. The molecule has 3 aromatic carbocycles. The molecule has 0 aromatic heterocycles. The van der Waals surface area contributed by atoms with Crippen LogP contribution in [0.1, 0.15) is 29.2 Å². The van der Waals surface area contributed by atoms with E-state index in [0.717, 1.165) is 27.9 Å². The molecule has 0 bridgehead atoms. The minimum atomic E-state index is -0.285. The summed E-state index contributed by atoms with van der Waals surface area (Å²) in [5.74, 6) is 0.759. The highest BCUT2D eigenvalue weighted by Gasteiger charge is 2.32. The third-order valence-corrected chi connectivity index (χ3v) is 6.58. The highest BCUT2D eigenvalue weighted by Crippen LogP contribution is 2.36. The number of carbonyl (C=O) groups excluding carboxylic acids is 1. The summed E-state index contributed by atoms with van der Waals surface area (Å²) < 4.78 is 24.5. The first-order valence-electron chi connectivity index (χ1n) is 11.3. The van der Waals surface area contributed by atoms with E-state index in [-0.39, 0.29) is 18.3 Å². The lowest BCUT2D eigenvalue weighted by Gasteiger charge is -2.13. The van der Waals surface area contributed by atoms with Crippen LogP contribution in [0, 0.1) is 19.7 Å². The number of benzene rings is 3. The number of nitrogens with zero attached hydrogens (tertiary/aromatic N) is 2. The number of hydrogen-bond acceptors (Lipinski definition) is 5. The predicted molar refractivity (Wildman–Crippen MR) is 140 cm³/mol. The molecule has 1 aliphatic heterocycles. The number of thioether (sulfide) groups is 1. The molecule has 5 nitrogen and oxygen atoms in total. The number of amidine groups is 1. The molecule has 0 spiro atoms. The summed E-state index contributed by atoms with van der Waals surface area (Å²) >= 11 is 1.37. The summed E-state index contributed by atoms with van der Waals surface area (Å²) in [6, 6.07) is 17.8. The minimum Gasteiger partial charge on any atom is -0.493 e. The summed E-state index contributed by atoms with van der Waals surface area (Å²) in [7, 11) is 1.57. The van der Waals surface area contributed by atoms with E-state index in [1.54, 1.807) is 24.1 Å². The molecule has 0 saturated carbocycles. The van der Waals surface area contributed by atoms with Gasteiger partial charge in [0.1, 0.15) is 12.4 Å². The van der Waals surface area contributed by atoms with E-state index in [1.807, 2.05) is 57.2 Å². The smallest absolute Gasteiger partial charge is 0.266 e. The zero-order chi connectivity index (χ0) is 24.9. The normalized spacial score (nSPS) is 15.8. The molecule has 0 radical (unpaired) electrons. The van der Waals surface area contributed by atoms with Crippen molar-refractivity contribution in [2.75, 3.05) is 13.7 Å². The Morgan fingerprint density at radius 2 is 1.80 bits per heavy atom. The molecule has 180 valence electrons. The predicted octanol–water partition coefficient (Wildman–Crippen LogP) is 6.65. The average molecular weight is 491 g/mol. The van der Waals surface area contributed by atoms with Crippen LogP contribution in [0.3, 0.4) is 0 Å². The van der Waals surface area contributed by atoms with Crippen molar-refractivity contribution in [2.45, 2.75) is 27.4 Å². The number of halogens is 1. The molecule has 0 unspecified atom stereocenters. The third-order valence-electron chi connectivity index (χ3n) is 5.58. The van der Waals surface area contributed by atoms with Gasteiger partial charge in [-0.15, -0.1) is 0 Å². The van der Waals surface area contributed by atoms with Crippen molar-refractivity contribution < 1.29 is 18.7 Å². The molecule has 4 rings (SSSR count). The second-order valence-corrected chi connectivity index (χ2v) is 9.18. The van der Waals surface area contributed by atoms with Gasteiger partial charge in [0.15, 0.2) is 16.7 Å². The lowest BCUT2D eigenvalue weighted by molar-refractivity contribution is -0.122. The van der Waals surface area contributed by atoms with Crippen LogP contribution in [0.5, 0.6) is 11.5 Å². The fourth-order valence-corrected chi connectivity index (χ4v) is 4.65. The standard InChI is InChI=1S/C28H27FN2O3S/c1-5-31-27(32)26(35-28(31)30-23-14-18(2)6-7-19(23)3)16-21-10-13-24(25(15-21)33-4)34-17-20-8-11-22(29)12-9-20/h6-16H,5,17H2,1-4H3/b26-16+,30-28?. The Hall–Kier alpha value is -3.58. The lowest BCUT2D eigenvalue weighted by atomic mass is 10.1. The molecule has 1 fully saturated rings. The Morgan fingerprint density at radius 1 is 1.03 bits per heavy atom. The highest BCUT2D eigenvalue weighted by molar-refractivity contribution is 8.18. The number of carbonyl (C=O) groups is 1. The first kappa shape index (κ1) is 24.5. The van der Waals surface area contributed by atoms with Crippen LogP contribution in [0.2, 0.25) is 0 Å². The van der Waals surface area contributed by atoms with Crippen LogP contribution >= 0.6 is 11.8 Å². The number of aryl methyl sites for hydroxylation is 2. The SMILES string of the molecule is CCN1C(=O)/C(=C\c2ccc(OCc3ccc(F)cc3)c(OC)c2)SC1=Nc1cc(C)ccc1C. The van der Waals surface area contributed by atoms with E-state index in [0.29, 0.717) is 28.1 Å². The largest absolute Gasteiger partial charge is 0.493 e. The zero-order valence-corrected chi connectivity index (χ0v) is 21.0. The second-order valence-electron chi connectivity index (χ2n) is 8.17. The maximum Gasteiger partial charge on any atom is 0.266 e. The van der Waals surface area contributed by atoms with Crippen molar-refractivity contribution in [1.29, 1.82) is 0 Å². The summed E-state index contributed by atoms with van der Waals surface area (Å²) in [6.07, 6.45) is 1.84. The van der Waals surface area contributed by atoms with Crippen LogP contribution < -0.4 is 9.47 Å². The van der Waals surface area contributed by atoms with E-state index < -0.39 is 0 Å². The number of hydrogen-bond donors (Lipinski definition) is 0. The van der Waals surface area contributed by atoms with Crippen molar-refractivity contribution in [3.05, 3.63) is 93.6 Å². The van der Waals surface area contributed by atoms with Crippen LogP contribution in [0.4, 0.5) is 10.1 Å². The van der Waals surface area contributed by atoms with Gasteiger partial charge in [-0.25, -0.2) is 9.38 Å². The monoisotopic (exact) mass is 490 g/mol. The second kappa shape index (κ2) is 10.8. The molecular weight excluding hydrogens is 463 g/mol. The van der Waals surface area contributed by atoms with Gasteiger partial charge in [0.2, 0.25) is 0 Å². The van der Waals surface area contributed by atoms with Crippen LogP contribution in [0.25, 0.3) is 6.08 Å². The van der Waals surface area contributed by atoms with Crippen LogP contribution in [-0.4, -0.2) is 29.6 Å². The molecule has 0 N–H and O–H groups in total. The summed E-state index contributed by atoms with van der Waals surface area (Å²) in [4.78, 5) is 20.2. The maximum absolute atomic E-state index is 13.1. The first-order chi connectivity index (χ1) is 16.9. The maximum atomic E-state index is 13.1. The van der Waals surface area contributed by atoms with Crippen molar-refractivity contribution in [3.63, 3.8) is 0 Å². The number of likely N-dealkylation sites (N-methyl/N-ethyl adjacent to an activating group) is 1. The number of methoxy groups -OCH3 is 1. The van der Waals surface area contributed by atoms with Gasteiger partial charge >= 0.3 is 0 Å². The van der Waals surface area contributed by atoms with Gasteiger partial charge in [0.05, 0.1) is 17.7 Å². The molecule has 3 aromatic rings. The van der Waals surface area contributed by atoms with Gasteiger partial charge in [0.25, 0.3) is 5.91 Å². The molecule has 1 aliphatic rings. The lowest BCUT2D eigenvalue weighted by Crippen LogP contribution is -2.28. The van der Waals surface area contributed by atoms with Crippen LogP contribution in [-0.2, 0) is 11.4 Å². The fraction of sp³-hybridized carbons (Fsp3) is 0.214. The van der Waals surface area contributed by atoms with Gasteiger partial charge < -0.3 is 9.47 Å². The number of amides is 1. The Labute approximate surface area is 209 Å². The van der Waals surface area contributed by atoms with E-state index in [4.69, 9.17) is 14.5 Å². The summed E-state index contributed by atoms with van der Waals surface area (Å²) in [5.41, 5.74) is 4.71. The molecule has 35 heavy (non-hydrogen) atoms. The average Bonchev–Trinajstić information content (AvgIpc) is 3.14. The van der Waals surface area contributed by atoms with E-state index >= 15 is 0 Å². The molecule has 1 saturated heterocycles. The Bertz CT molecular complexity index is 1300. The van der Waals surface area contributed by atoms with Crippen molar-refractivity contribution in [3.8, 4) is 11.5 Å². The quantitative estimate of drug-likeness (QED) is 0.348. The highest BCUT2D eigenvalue weighted by atomic mass is 32.2. The Morgan fingerprint density at radius 3 is 2.51 bits per heavy atom. The van der Waals surface area contributed by atoms with Crippen molar-refractivity contribution in [2.24, 2.45) is 4.99 Å². The zero-order valence-electron chi connectivity index (χ0n) is 20.2. The molecule has 7 heteroatoms. The Kier molecular flexibility index (Phi) is 7.56. The number of aliphatic imine (C=N–C) groups is 1. The topological polar surface area (TPSA) is 51.1 Å². The van der Waals surface area contributed by atoms with Crippen molar-refractivity contribution in [1.82, 2.24) is 4.90 Å². The van der Waals surface area contributed by atoms with Gasteiger partial charge in [0, 0.05) is 6.54 Å². The van der Waals surface area contributed by atoms with E-state index in [2.05, 4.69) is 6.07 Å². The first-order valence-corrected chi connectivity index (χ1v) is 12.1. The number of ether oxygens (including phenoxy) is 2. The summed E-state index contributed by atoms with van der Waals surface area (Å²) in [6.45, 7) is 6.80. The van der Waals surface area contributed by atoms with Gasteiger partial charge in [-0.1, -0.05) is 30.3 Å². The summed E-state index contributed by atoms with van der Waals surface area (Å²) in [5, 5.41) is 0.670.